The fraction of sp³-hybridized carbons (Fsp3) is 0.444. The van der Waals surface area contributed by atoms with E-state index < -0.39 is 15.1 Å². The van der Waals surface area contributed by atoms with Crippen LogP contribution in [0.25, 0.3) is 0 Å². The normalized spacial score (nSPS) is 19.1. The van der Waals surface area contributed by atoms with Gasteiger partial charge in [-0.3, -0.25) is 0 Å². The fourth-order valence-electron chi connectivity index (χ4n) is 2.72. The van der Waals surface area contributed by atoms with Crippen LogP contribution >= 0.6 is 35.0 Å². The van der Waals surface area contributed by atoms with Crippen molar-refractivity contribution in [3.05, 3.63) is 53.1 Å². The molecule has 0 bridgehead atoms. The molecule has 2 atom stereocenters. The quantitative estimate of drug-likeness (QED) is 0.423. The maximum Gasteiger partial charge on any atom is 0.185 e. The number of hydrogen-bond acceptors (Lipinski definition) is 3. The Balaban J connectivity index is 2.26. The number of rotatable bonds is 8. The Morgan fingerprint density at radius 3 is 2.54 bits per heavy atom. The molecule has 2 rings (SSSR count). The van der Waals surface area contributed by atoms with Crippen molar-refractivity contribution in [2.75, 3.05) is 12.0 Å². The van der Waals surface area contributed by atoms with Crippen molar-refractivity contribution in [2.45, 2.75) is 41.2 Å². The van der Waals surface area contributed by atoms with Crippen LogP contribution in [0.15, 0.2) is 53.0 Å². The van der Waals surface area contributed by atoms with Gasteiger partial charge in [-0.1, -0.05) is 36.2 Å². The van der Waals surface area contributed by atoms with Crippen LogP contribution in [0.4, 0.5) is 0 Å². The number of unbranched alkanes of at least 4 members (excludes halogenated alkanes) is 1. The maximum absolute atomic E-state index is 13.1. The van der Waals surface area contributed by atoms with Crippen LogP contribution in [0.1, 0.15) is 25.7 Å². The zero-order chi connectivity index (χ0) is 17.6. The molecule has 0 heterocycles. The Morgan fingerprint density at radius 1 is 1.25 bits per heavy atom. The second kappa shape index (κ2) is 9.33. The molecule has 0 radical (unpaired) electrons. The van der Waals surface area contributed by atoms with E-state index in [1.54, 1.807) is 36.0 Å². The highest BCUT2D eigenvalue weighted by Gasteiger charge is 2.30. The van der Waals surface area contributed by atoms with Crippen molar-refractivity contribution in [1.29, 1.82) is 0 Å². The summed E-state index contributed by atoms with van der Waals surface area (Å²) in [6.07, 6.45) is 11.0. The van der Waals surface area contributed by atoms with Gasteiger partial charge in [-0.25, -0.2) is 8.42 Å². The van der Waals surface area contributed by atoms with Crippen molar-refractivity contribution in [3.63, 3.8) is 0 Å². The van der Waals surface area contributed by atoms with E-state index in [1.165, 1.54) is 0 Å². The van der Waals surface area contributed by atoms with Crippen LogP contribution in [0.5, 0.6) is 0 Å². The highest BCUT2D eigenvalue weighted by atomic mass is 35.5. The predicted molar refractivity (Wildman–Crippen MR) is 106 cm³/mol. The maximum atomic E-state index is 13.1. The number of benzene rings is 1. The topological polar surface area (TPSA) is 34.1 Å². The first-order chi connectivity index (χ1) is 11.4. The SMILES string of the molecule is CSCCCCC(C1=CCC(Cl)C=C1)S(=O)(=O)c1ccc(Cl)cc1. The average Bonchev–Trinajstić information content (AvgIpc) is 2.56. The molecule has 1 aliphatic rings. The van der Waals surface area contributed by atoms with Gasteiger partial charge in [-0.2, -0.15) is 11.8 Å². The molecule has 0 amide bonds. The van der Waals surface area contributed by atoms with Gasteiger partial charge in [0.15, 0.2) is 9.84 Å². The van der Waals surface area contributed by atoms with Gasteiger partial charge >= 0.3 is 0 Å². The molecule has 0 aliphatic heterocycles. The van der Waals surface area contributed by atoms with Crippen molar-refractivity contribution >= 4 is 44.8 Å². The molecule has 1 aromatic carbocycles. The van der Waals surface area contributed by atoms with E-state index in [4.69, 9.17) is 23.2 Å². The van der Waals surface area contributed by atoms with Crippen LogP contribution in [0, 0.1) is 0 Å². The minimum atomic E-state index is -3.45. The number of halogens is 2. The molecule has 0 N–H and O–H groups in total. The molecule has 24 heavy (non-hydrogen) atoms. The van der Waals surface area contributed by atoms with E-state index in [2.05, 4.69) is 6.26 Å². The summed E-state index contributed by atoms with van der Waals surface area (Å²) < 4.78 is 26.3. The van der Waals surface area contributed by atoms with Crippen LogP contribution in [-0.4, -0.2) is 31.1 Å². The van der Waals surface area contributed by atoms with E-state index in [0.717, 1.165) is 24.2 Å². The molecule has 132 valence electrons. The smallest absolute Gasteiger partial charge is 0.185 e. The highest BCUT2D eigenvalue weighted by molar-refractivity contribution is 7.98. The highest BCUT2D eigenvalue weighted by Crippen LogP contribution is 2.30. The molecule has 2 nitrogen and oxygen atoms in total. The molecule has 0 saturated heterocycles. The summed E-state index contributed by atoms with van der Waals surface area (Å²) in [6.45, 7) is 0. The Hall–Kier alpha value is -0.420. The molecule has 2 unspecified atom stereocenters. The third kappa shape index (κ3) is 5.29. The predicted octanol–water partition coefficient (Wildman–Crippen LogP) is 5.51. The zero-order valence-electron chi connectivity index (χ0n) is 13.6. The molecular weight excluding hydrogens is 383 g/mol. The van der Waals surface area contributed by atoms with Gasteiger partial charge in [0.05, 0.1) is 15.5 Å². The van der Waals surface area contributed by atoms with E-state index in [0.29, 0.717) is 22.8 Å². The molecule has 1 aromatic rings. The van der Waals surface area contributed by atoms with Crippen LogP contribution in [-0.2, 0) is 9.84 Å². The number of thioether (sulfide) groups is 1. The molecule has 0 aromatic heterocycles. The Morgan fingerprint density at radius 2 is 1.96 bits per heavy atom. The first-order valence-electron chi connectivity index (χ1n) is 7.96. The standard InChI is InChI=1S/C18H22Cl2O2S2/c1-23-13-3-2-4-18(14-5-7-15(19)8-6-14)24(21,22)17-11-9-16(20)10-12-17/h5-7,9-12,15,18H,2-4,8,13H2,1H3. The van der Waals surface area contributed by atoms with Crippen LogP contribution < -0.4 is 0 Å². The Bertz CT molecular complexity index is 694. The van der Waals surface area contributed by atoms with Crippen molar-refractivity contribution < 1.29 is 8.42 Å². The summed E-state index contributed by atoms with van der Waals surface area (Å²) in [5.74, 6) is 1.05. The Labute approximate surface area is 159 Å². The van der Waals surface area contributed by atoms with Crippen molar-refractivity contribution in [2.24, 2.45) is 0 Å². The lowest BCUT2D eigenvalue weighted by molar-refractivity contribution is 0.576. The fourth-order valence-corrected chi connectivity index (χ4v) is 5.35. The summed E-state index contributed by atoms with van der Waals surface area (Å²) >= 11 is 13.8. The van der Waals surface area contributed by atoms with Crippen molar-refractivity contribution in [1.82, 2.24) is 0 Å². The summed E-state index contributed by atoms with van der Waals surface area (Å²) in [6, 6.07) is 6.42. The molecule has 6 heteroatoms. The van der Waals surface area contributed by atoms with Gasteiger partial charge in [-0.05, 0) is 61.1 Å². The number of sulfone groups is 1. The van der Waals surface area contributed by atoms with Gasteiger partial charge in [0, 0.05) is 5.02 Å². The second-order valence-electron chi connectivity index (χ2n) is 5.79. The second-order valence-corrected chi connectivity index (χ2v) is 9.90. The minimum Gasteiger partial charge on any atom is -0.223 e. The summed E-state index contributed by atoms with van der Waals surface area (Å²) in [7, 11) is -3.45. The van der Waals surface area contributed by atoms with Gasteiger partial charge < -0.3 is 0 Å². The summed E-state index contributed by atoms with van der Waals surface area (Å²) in [4.78, 5) is 0.323. The summed E-state index contributed by atoms with van der Waals surface area (Å²) in [5.41, 5.74) is 0.853. The lowest BCUT2D eigenvalue weighted by Crippen LogP contribution is -2.24. The zero-order valence-corrected chi connectivity index (χ0v) is 16.8. The average molecular weight is 405 g/mol. The van der Waals surface area contributed by atoms with E-state index >= 15 is 0 Å². The first kappa shape index (κ1) is 19.9. The van der Waals surface area contributed by atoms with Crippen LogP contribution in [0.3, 0.4) is 0 Å². The largest absolute Gasteiger partial charge is 0.223 e. The lowest BCUT2D eigenvalue weighted by atomic mass is 10.0. The van der Waals surface area contributed by atoms with Gasteiger partial charge in [0.2, 0.25) is 0 Å². The van der Waals surface area contributed by atoms with Gasteiger partial charge in [0.25, 0.3) is 0 Å². The molecule has 0 spiro atoms. The summed E-state index contributed by atoms with van der Waals surface area (Å²) in [5, 5.41) is -0.0442. The number of allylic oxidation sites excluding steroid dienone is 3. The lowest BCUT2D eigenvalue weighted by Gasteiger charge is -2.22. The first-order valence-corrected chi connectivity index (χ1v) is 11.7. The number of hydrogen-bond donors (Lipinski definition) is 0. The third-order valence-electron chi connectivity index (χ3n) is 4.03. The molecular formula is C18H22Cl2O2S2. The minimum absolute atomic E-state index is 0.0517. The van der Waals surface area contributed by atoms with E-state index in [9.17, 15) is 8.42 Å². The molecule has 1 aliphatic carbocycles. The van der Waals surface area contributed by atoms with Gasteiger partial charge in [0.1, 0.15) is 0 Å². The van der Waals surface area contributed by atoms with Crippen LogP contribution in [0.2, 0.25) is 5.02 Å². The monoisotopic (exact) mass is 404 g/mol. The molecule has 0 fully saturated rings. The van der Waals surface area contributed by atoms with Crippen molar-refractivity contribution in [3.8, 4) is 0 Å². The van der Waals surface area contributed by atoms with E-state index in [-0.39, 0.29) is 5.38 Å². The van der Waals surface area contributed by atoms with E-state index in [1.807, 2.05) is 18.2 Å². The number of alkyl halides is 1. The third-order valence-corrected chi connectivity index (χ3v) is 7.49. The Kier molecular flexibility index (Phi) is 7.73. The molecule has 0 saturated carbocycles. The van der Waals surface area contributed by atoms with Gasteiger partial charge in [-0.15, -0.1) is 11.6 Å².